The standard InChI is InChI=1S/C23H34N4O6/c1-14(2)11-18(23(32)33)26-21(30)17(12-15-7-4-3-5-8-15)25-22(31)19(13-28)27-20(29)16-9-6-10-24-16/h3-5,7-8,14,16-19,24,28H,6,9-13H2,1-2H3,(H,25,31)(H,26,30)(H,27,29)(H,32,33). The summed E-state index contributed by atoms with van der Waals surface area (Å²) >= 11 is 0. The normalized spacial score (nSPS) is 18.2. The molecule has 0 spiro atoms. The first-order valence-electron chi connectivity index (χ1n) is 11.2. The molecule has 1 fully saturated rings. The summed E-state index contributed by atoms with van der Waals surface area (Å²) in [5.74, 6) is -2.90. The predicted molar refractivity (Wildman–Crippen MR) is 121 cm³/mol. The van der Waals surface area contributed by atoms with E-state index in [2.05, 4.69) is 21.3 Å². The van der Waals surface area contributed by atoms with Crippen molar-refractivity contribution >= 4 is 23.7 Å². The van der Waals surface area contributed by atoms with Crippen LogP contribution in [0.15, 0.2) is 30.3 Å². The maximum atomic E-state index is 13.0. The van der Waals surface area contributed by atoms with Gasteiger partial charge in [0.2, 0.25) is 17.7 Å². The van der Waals surface area contributed by atoms with Gasteiger partial charge in [0.05, 0.1) is 12.6 Å². The van der Waals surface area contributed by atoms with E-state index in [1.165, 1.54) is 0 Å². The number of aliphatic carboxylic acids is 1. The lowest BCUT2D eigenvalue weighted by atomic mass is 10.0. The largest absolute Gasteiger partial charge is 0.480 e. The maximum absolute atomic E-state index is 13.0. The topological polar surface area (TPSA) is 157 Å². The molecule has 6 N–H and O–H groups in total. The van der Waals surface area contributed by atoms with Gasteiger partial charge in [-0.15, -0.1) is 0 Å². The lowest BCUT2D eigenvalue weighted by Crippen LogP contribution is -2.58. The Morgan fingerprint density at radius 2 is 1.64 bits per heavy atom. The summed E-state index contributed by atoms with van der Waals surface area (Å²) in [6, 6.07) is 5.10. The summed E-state index contributed by atoms with van der Waals surface area (Å²) in [6.45, 7) is 3.75. The molecule has 4 unspecified atom stereocenters. The van der Waals surface area contributed by atoms with Gasteiger partial charge >= 0.3 is 5.97 Å². The van der Waals surface area contributed by atoms with Crippen LogP contribution in [0.5, 0.6) is 0 Å². The van der Waals surface area contributed by atoms with Gasteiger partial charge in [0.15, 0.2) is 0 Å². The molecule has 10 heteroatoms. The number of amides is 3. The smallest absolute Gasteiger partial charge is 0.326 e. The lowest BCUT2D eigenvalue weighted by Gasteiger charge is -2.25. The number of aliphatic hydroxyl groups excluding tert-OH is 1. The maximum Gasteiger partial charge on any atom is 0.326 e. The van der Waals surface area contributed by atoms with E-state index in [9.17, 15) is 29.4 Å². The van der Waals surface area contributed by atoms with Crippen LogP contribution in [0.25, 0.3) is 0 Å². The molecule has 1 aliphatic heterocycles. The highest BCUT2D eigenvalue weighted by Gasteiger charge is 2.31. The molecule has 1 aromatic carbocycles. The molecule has 0 bridgehead atoms. The predicted octanol–water partition coefficient (Wildman–Crippen LogP) is -0.441. The number of nitrogens with one attached hydrogen (secondary N) is 4. The highest BCUT2D eigenvalue weighted by atomic mass is 16.4. The summed E-state index contributed by atoms with van der Waals surface area (Å²) in [5, 5.41) is 29.7. The van der Waals surface area contributed by atoms with Crippen molar-refractivity contribution in [1.82, 2.24) is 21.3 Å². The van der Waals surface area contributed by atoms with E-state index in [1.807, 2.05) is 19.9 Å². The van der Waals surface area contributed by atoms with Crippen LogP contribution in [0.4, 0.5) is 0 Å². The van der Waals surface area contributed by atoms with Gasteiger partial charge in [0.25, 0.3) is 0 Å². The number of carbonyl (C=O) groups excluding carboxylic acids is 3. The first-order chi connectivity index (χ1) is 15.7. The Labute approximate surface area is 193 Å². The molecule has 1 heterocycles. The fraction of sp³-hybridized carbons (Fsp3) is 0.565. The fourth-order valence-corrected chi connectivity index (χ4v) is 3.67. The Balaban J connectivity index is 2.12. The van der Waals surface area contributed by atoms with Crippen LogP contribution in [0.2, 0.25) is 0 Å². The summed E-state index contributed by atoms with van der Waals surface area (Å²) < 4.78 is 0. The highest BCUT2D eigenvalue weighted by Crippen LogP contribution is 2.09. The van der Waals surface area contributed by atoms with Crippen molar-refractivity contribution < 1.29 is 29.4 Å². The minimum absolute atomic E-state index is 0.0340. The summed E-state index contributed by atoms with van der Waals surface area (Å²) in [6.07, 6.45) is 1.82. The molecule has 1 aliphatic rings. The minimum atomic E-state index is -1.24. The number of benzene rings is 1. The highest BCUT2D eigenvalue weighted by molar-refractivity contribution is 5.94. The van der Waals surface area contributed by atoms with E-state index in [0.717, 1.165) is 12.0 Å². The monoisotopic (exact) mass is 462 g/mol. The Kier molecular flexibility index (Phi) is 10.3. The third-order valence-corrected chi connectivity index (χ3v) is 5.43. The van der Waals surface area contributed by atoms with Crippen LogP contribution >= 0.6 is 0 Å². The van der Waals surface area contributed by atoms with Gasteiger partial charge < -0.3 is 31.5 Å². The van der Waals surface area contributed by atoms with E-state index in [-0.39, 0.29) is 18.8 Å². The third-order valence-electron chi connectivity index (χ3n) is 5.43. The molecule has 33 heavy (non-hydrogen) atoms. The Hall–Kier alpha value is -2.98. The number of carboxylic acid groups (broad SMARTS) is 1. The van der Waals surface area contributed by atoms with E-state index >= 15 is 0 Å². The number of carboxylic acids is 1. The Bertz CT molecular complexity index is 810. The Morgan fingerprint density at radius 3 is 2.18 bits per heavy atom. The zero-order valence-electron chi connectivity index (χ0n) is 19.0. The number of aliphatic hydroxyl groups is 1. The van der Waals surface area contributed by atoms with Crippen LogP contribution in [-0.2, 0) is 25.6 Å². The van der Waals surface area contributed by atoms with Gasteiger partial charge in [0, 0.05) is 6.42 Å². The van der Waals surface area contributed by atoms with Crippen LogP contribution < -0.4 is 21.3 Å². The van der Waals surface area contributed by atoms with Crippen molar-refractivity contribution in [3.8, 4) is 0 Å². The molecule has 1 saturated heterocycles. The second kappa shape index (κ2) is 12.9. The second-order valence-electron chi connectivity index (χ2n) is 8.67. The van der Waals surface area contributed by atoms with Gasteiger partial charge in [-0.05, 0) is 37.3 Å². The fourth-order valence-electron chi connectivity index (χ4n) is 3.67. The van der Waals surface area contributed by atoms with Crippen molar-refractivity contribution in [3.05, 3.63) is 35.9 Å². The van der Waals surface area contributed by atoms with Crippen LogP contribution in [-0.4, -0.2) is 71.2 Å². The van der Waals surface area contributed by atoms with Crippen molar-refractivity contribution in [1.29, 1.82) is 0 Å². The average Bonchev–Trinajstić information content (AvgIpc) is 3.31. The number of hydrogen-bond donors (Lipinski definition) is 6. The van der Waals surface area contributed by atoms with Gasteiger partial charge in [-0.3, -0.25) is 14.4 Å². The molecule has 0 saturated carbocycles. The average molecular weight is 463 g/mol. The van der Waals surface area contributed by atoms with E-state index in [4.69, 9.17) is 0 Å². The zero-order valence-corrected chi connectivity index (χ0v) is 19.0. The molecule has 10 nitrogen and oxygen atoms in total. The minimum Gasteiger partial charge on any atom is -0.480 e. The number of carbonyl (C=O) groups is 4. The quantitative estimate of drug-likeness (QED) is 0.246. The second-order valence-corrected chi connectivity index (χ2v) is 8.67. The molecule has 4 atom stereocenters. The van der Waals surface area contributed by atoms with Crippen LogP contribution in [0.3, 0.4) is 0 Å². The Morgan fingerprint density at radius 1 is 1.00 bits per heavy atom. The third kappa shape index (κ3) is 8.47. The first-order valence-corrected chi connectivity index (χ1v) is 11.2. The lowest BCUT2D eigenvalue weighted by molar-refractivity contribution is -0.142. The summed E-state index contributed by atoms with van der Waals surface area (Å²) in [4.78, 5) is 49.7. The van der Waals surface area contributed by atoms with E-state index in [1.54, 1.807) is 24.3 Å². The van der Waals surface area contributed by atoms with Crippen molar-refractivity contribution in [2.75, 3.05) is 13.2 Å². The van der Waals surface area contributed by atoms with Gasteiger partial charge in [-0.25, -0.2) is 4.79 Å². The van der Waals surface area contributed by atoms with Gasteiger partial charge in [-0.2, -0.15) is 0 Å². The SMILES string of the molecule is CC(C)CC(NC(=O)C(Cc1ccccc1)NC(=O)C(CO)NC(=O)C1CCCN1)C(=O)O. The molecular weight excluding hydrogens is 428 g/mol. The molecule has 182 valence electrons. The van der Waals surface area contributed by atoms with E-state index in [0.29, 0.717) is 13.0 Å². The summed E-state index contributed by atoms with van der Waals surface area (Å²) in [5.41, 5.74) is 0.758. The number of rotatable bonds is 12. The molecule has 2 rings (SSSR count). The molecule has 0 radical (unpaired) electrons. The molecular formula is C23H34N4O6. The molecule has 0 aromatic heterocycles. The molecule has 3 amide bonds. The van der Waals surface area contributed by atoms with Crippen molar-refractivity contribution in [2.45, 2.75) is 63.7 Å². The first kappa shape index (κ1) is 26.3. The number of hydrogen-bond acceptors (Lipinski definition) is 6. The van der Waals surface area contributed by atoms with E-state index < -0.39 is 54.5 Å². The van der Waals surface area contributed by atoms with Crippen LogP contribution in [0, 0.1) is 5.92 Å². The van der Waals surface area contributed by atoms with Crippen molar-refractivity contribution in [3.63, 3.8) is 0 Å². The molecule has 0 aliphatic carbocycles. The van der Waals surface area contributed by atoms with Gasteiger partial charge in [0.1, 0.15) is 18.1 Å². The zero-order chi connectivity index (χ0) is 24.4. The van der Waals surface area contributed by atoms with Crippen LogP contribution in [0.1, 0.15) is 38.7 Å². The summed E-state index contributed by atoms with van der Waals surface area (Å²) in [7, 11) is 0. The molecule has 1 aromatic rings. The van der Waals surface area contributed by atoms with Gasteiger partial charge in [-0.1, -0.05) is 44.2 Å². The van der Waals surface area contributed by atoms with Crippen molar-refractivity contribution in [2.24, 2.45) is 5.92 Å².